The first-order valence-corrected chi connectivity index (χ1v) is 8.95. The van der Waals surface area contributed by atoms with Crippen LogP contribution in [0, 0.1) is 12.7 Å². The van der Waals surface area contributed by atoms with E-state index in [1.54, 1.807) is 10.7 Å². The lowest BCUT2D eigenvalue weighted by Gasteiger charge is -2.33. The Kier molecular flexibility index (Phi) is 5.34. The number of aryl methyl sites for hydroxylation is 1. The first-order chi connectivity index (χ1) is 12.1. The molecule has 0 unspecified atom stereocenters. The number of nitrogens with zero attached hydrogens (tertiary/aromatic N) is 3. The van der Waals surface area contributed by atoms with Gasteiger partial charge < -0.3 is 10.2 Å². The molecule has 5 nitrogen and oxygen atoms in total. The zero-order valence-corrected chi connectivity index (χ0v) is 15.9. The zero-order valence-electron chi connectivity index (χ0n) is 15.1. The largest absolute Gasteiger partial charge is 0.332 e. The number of carbonyl (C=O) groups is 1. The van der Waals surface area contributed by atoms with Gasteiger partial charge in [0.1, 0.15) is 11.5 Å². The summed E-state index contributed by atoms with van der Waals surface area (Å²) in [5, 5.41) is 7.87. The summed E-state index contributed by atoms with van der Waals surface area (Å²) in [5.41, 5.74) is 3.78. The standard InChI is InChI=1S/C19H23FN4O.ClH/c1-12-6-7-17(15(20)10-12)24-16-5-3-4-14(16)18(22-24)19(25)23-9-8-21-11-13(23)2;/h6-7,10,13,21H,3-5,8-9,11H2,1-2H3;1H/t13-;/m1./s1. The molecule has 0 radical (unpaired) electrons. The van der Waals surface area contributed by atoms with E-state index in [-0.39, 0.29) is 30.2 Å². The molecule has 2 aromatic rings. The maximum absolute atomic E-state index is 14.5. The maximum atomic E-state index is 14.5. The highest BCUT2D eigenvalue weighted by molar-refractivity contribution is 5.94. The van der Waals surface area contributed by atoms with E-state index in [2.05, 4.69) is 10.4 Å². The Balaban J connectivity index is 0.00000196. The van der Waals surface area contributed by atoms with Gasteiger partial charge in [-0.05, 0) is 50.8 Å². The summed E-state index contributed by atoms with van der Waals surface area (Å²) in [6, 6.07) is 5.27. The Morgan fingerprint density at radius 1 is 1.35 bits per heavy atom. The third kappa shape index (κ3) is 3.12. The summed E-state index contributed by atoms with van der Waals surface area (Å²) >= 11 is 0. The average Bonchev–Trinajstić information content (AvgIpc) is 3.18. The van der Waals surface area contributed by atoms with Gasteiger partial charge in [-0.15, -0.1) is 12.4 Å². The van der Waals surface area contributed by atoms with E-state index in [1.165, 1.54) is 6.07 Å². The van der Waals surface area contributed by atoms with Crippen LogP contribution in [0.1, 0.15) is 40.7 Å². The number of nitrogens with one attached hydrogen (secondary N) is 1. The normalized spacial score (nSPS) is 19.2. The summed E-state index contributed by atoms with van der Waals surface area (Å²) < 4.78 is 16.1. The highest BCUT2D eigenvalue weighted by atomic mass is 35.5. The van der Waals surface area contributed by atoms with Crippen LogP contribution in [0.25, 0.3) is 5.69 Å². The van der Waals surface area contributed by atoms with Crippen molar-refractivity contribution in [3.05, 3.63) is 46.5 Å². The van der Waals surface area contributed by atoms with Gasteiger partial charge in [0.05, 0.1) is 0 Å². The minimum Gasteiger partial charge on any atom is -0.332 e. The molecular weight excluding hydrogens is 355 g/mol. The summed E-state index contributed by atoms with van der Waals surface area (Å²) in [4.78, 5) is 15.0. The number of amides is 1. The van der Waals surface area contributed by atoms with Crippen LogP contribution in [0.4, 0.5) is 4.39 Å². The molecule has 1 fully saturated rings. The fourth-order valence-electron chi connectivity index (χ4n) is 3.87. The SMILES string of the molecule is Cc1ccc(-n2nc(C(=O)N3CCNC[C@H]3C)c3c2CCC3)c(F)c1.Cl. The molecule has 1 saturated heterocycles. The number of rotatable bonds is 2. The number of hydrogen-bond acceptors (Lipinski definition) is 3. The van der Waals surface area contributed by atoms with Crippen LogP contribution in [0.15, 0.2) is 18.2 Å². The third-order valence-corrected chi connectivity index (χ3v) is 5.23. The van der Waals surface area contributed by atoms with E-state index in [1.807, 2.05) is 24.8 Å². The number of aromatic nitrogens is 2. The molecule has 1 aromatic heterocycles. The van der Waals surface area contributed by atoms with Gasteiger partial charge in [0.2, 0.25) is 0 Å². The topological polar surface area (TPSA) is 50.2 Å². The Labute approximate surface area is 159 Å². The highest BCUT2D eigenvalue weighted by Crippen LogP contribution is 2.30. The lowest BCUT2D eigenvalue weighted by atomic mass is 10.1. The summed E-state index contributed by atoms with van der Waals surface area (Å²) in [6.45, 7) is 6.18. The smallest absolute Gasteiger partial charge is 0.274 e. The van der Waals surface area contributed by atoms with Gasteiger partial charge in [-0.3, -0.25) is 4.79 Å². The number of fused-ring (bicyclic) bond motifs is 1. The van der Waals surface area contributed by atoms with Crippen molar-refractivity contribution in [3.8, 4) is 5.69 Å². The van der Waals surface area contributed by atoms with Crippen molar-refractivity contribution in [2.24, 2.45) is 0 Å². The van der Waals surface area contributed by atoms with Gasteiger partial charge in [-0.25, -0.2) is 9.07 Å². The van der Waals surface area contributed by atoms with Crippen molar-refractivity contribution in [2.75, 3.05) is 19.6 Å². The van der Waals surface area contributed by atoms with Gasteiger partial charge in [0.15, 0.2) is 5.69 Å². The fourth-order valence-corrected chi connectivity index (χ4v) is 3.87. The second-order valence-electron chi connectivity index (χ2n) is 7.05. The van der Waals surface area contributed by atoms with Crippen LogP contribution in [-0.4, -0.2) is 46.3 Å². The monoisotopic (exact) mass is 378 g/mol. The minimum absolute atomic E-state index is 0. The molecule has 7 heteroatoms. The second kappa shape index (κ2) is 7.37. The van der Waals surface area contributed by atoms with Gasteiger partial charge in [-0.2, -0.15) is 5.10 Å². The van der Waals surface area contributed by atoms with Crippen LogP contribution < -0.4 is 5.32 Å². The Morgan fingerprint density at radius 2 is 2.15 bits per heavy atom. The molecule has 4 rings (SSSR count). The Hall–Kier alpha value is -1.92. The number of piperazine rings is 1. The summed E-state index contributed by atoms with van der Waals surface area (Å²) in [6.07, 6.45) is 2.66. The van der Waals surface area contributed by atoms with Crippen LogP contribution in [0.3, 0.4) is 0 Å². The molecule has 0 saturated carbocycles. The molecule has 2 aliphatic rings. The molecule has 1 aliphatic carbocycles. The van der Waals surface area contributed by atoms with Gasteiger partial charge in [0.25, 0.3) is 5.91 Å². The molecule has 1 atom stereocenters. The molecule has 140 valence electrons. The van der Waals surface area contributed by atoms with Gasteiger partial charge in [0, 0.05) is 36.9 Å². The summed E-state index contributed by atoms with van der Waals surface area (Å²) in [5.74, 6) is -0.329. The van der Waals surface area contributed by atoms with E-state index in [0.717, 1.165) is 49.2 Å². The van der Waals surface area contributed by atoms with E-state index in [0.29, 0.717) is 17.9 Å². The van der Waals surface area contributed by atoms with E-state index in [4.69, 9.17) is 0 Å². The Bertz CT molecular complexity index is 835. The zero-order chi connectivity index (χ0) is 17.6. The van der Waals surface area contributed by atoms with E-state index in [9.17, 15) is 9.18 Å². The fraction of sp³-hybridized carbons (Fsp3) is 0.474. The molecule has 2 heterocycles. The molecule has 0 bridgehead atoms. The van der Waals surface area contributed by atoms with Crippen molar-refractivity contribution in [2.45, 2.75) is 39.2 Å². The van der Waals surface area contributed by atoms with E-state index >= 15 is 0 Å². The number of benzene rings is 1. The average molecular weight is 379 g/mol. The Morgan fingerprint density at radius 3 is 2.88 bits per heavy atom. The van der Waals surface area contributed by atoms with Crippen molar-refractivity contribution < 1.29 is 9.18 Å². The quantitative estimate of drug-likeness (QED) is 0.874. The minimum atomic E-state index is -0.299. The van der Waals surface area contributed by atoms with Crippen molar-refractivity contribution in [1.29, 1.82) is 0 Å². The van der Waals surface area contributed by atoms with Crippen LogP contribution >= 0.6 is 12.4 Å². The van der Waals surface area contributed by atoms with Crippen molar-refractivity contribution >= 4 is 18.3 Å². The second-order valence-corrected chi connectivity index (χ2v) is 7.05. The first-order valence-electron chi connectivity index (χ1n) is 8.95. The van der Waals surface area contributed by atoms with Crippen LogP contribution in [0.2, 0.25) is 0 Å². The highest BCUT2D eigenvalue weighted by Gasteiger charge is 2.32. The number of hydrogen-bond donors (Lipinski definition) is 1. The molecule has 1 aromatic carbocycles. The molecular formula is C19H24ClFN4O. The van der Waals surface area contributed by atoms with Gasteiger partial charge >= 0.3 is 0 Å². The van der Waals surface area contributed by atoms with Crippen molar-refractivity contribution in [1.82, 2.24) is 20.0 Å². The number of halogens is 2. The van der Waals surface area contributed by atoms with Crippen LogP contribution in [0.5, 0.6) is 0 Å². The molecule has 26 heavy (non-hydrogen) atoms. The summed E-state index contributed by atoms with van der Waals surface area (Å²) in [7, 11) is 0. The van der Waals surface area contributed by atoms with Crippen LogP contribution in [-0.2, 0) is 12.8 Å². The molecule has 1 N–H and O–H groups in total. The molecule has 1 aliphatic heterocycles. The first kappa shape index (κ1) is 18.9. The lowest BCUT2D eigenvalue weighted by molar-refractivity contribution is 0.0648. The molecule has 0 spiro atoms. The maximum Gasteiger partial charge on any atom is 0.274 e. The lowest BCUT2D eigenvalue weighted by Crippen LogP contribution is -2.52. The van der Waals surface area contributed by atoms with E-state index < -0.39 is 0 Å². The predicted octanol–water partition coefficient (Wildman–Crippen LogP) is 2.66. The van der Waals surface area contributed by atoms with Crippen molar-refractivity contribution in [3.63, 3.8) is 0 Å². The van der Waals surface area contributed by atoms with Gasteiger partial charge in [-0.1, -0.05) is 6.07 Å². The predicted molar refractivity (Wildman–Crippen MR) is 101 cm³/mol. The number of carbonyl (C=O) groups excluding carboxylic acids is 1. The third-order valence-electron chi connectivity index (χ3n) is 5.23. The molecule has 1 amide bonds.